The van der Waals surface area contributed by atoms with Crippen molar-refractivity contribution in [2.45, 2.75) is 13.3 Å². The Bertz CT molecular complexity index is 491. The van der Waals surface area contributed by atoms with Crippen molar-refractivity contribution in [2.75, 3.05) is 0 Å². The number of hydrogen-bond acceptors (Lipinski definition) is 1. The molecule has 86 valence electrons. The van der Waals surface area contributed by atoms with E-state index < -0.39 is 0 Å². The molecule has 1 heteroatoms. The summed E-state index contributed by atoms with van der Waals surface area (Å²) in [7, 11) is 0. The number of allylic oxidation sites excluding steroid dienone is 6. The van der Waals surface area contributed by atoms with Gasteiger partial charge in [-0.05, 0) is 24.6 Å². The van der Waals surface area contributed by atoms with E-state index in [-0.39, 0.29) is 0 Å². The van der Waals surface area contributed by atoms with Crippen LogP contribution in [0.15, 0.2) is 72.6 Å². The van der Waals surface area contributed by atoms with Gasteiger partial charge in [0.25, 0.3) is 0 Å². The van der Waals surface area contributed by atoms with Crippen LogP contribution in [0.25, 0.3) is 0 Å². The van der Waals surface area contributed by atoms with Gasteiger partial charge in [-0.2, -0.15) is 0 Å². The highest BCUT2D eigenvalue weighted by molar-refractivity contribution is 5.43. The Hall–Kier alpha value is -2.02. The van der Waals surface area contributed by atoms with Crippen molar-refractivity contribution in [3.05, 3.63) is 78.1 Å². The average molecular weight is 224 g/mol. The third kappa shape index (κ3) is 2.76. The van der Waals surface area contributed by atoms with E-state index in [4.69, 9.17) is 4.74 Å². The molecule has 2 rings (SSSR count). The van der Waals surface area contributed by atoms with E-state index >= 15 is 0 Å². The van der Waals surface area contributed by atoms with Crippen molar-refractivity contribution in [1.82, 2.24) is 0 Å². The van der Waals surface area contributed by atoms with Gasteiger partial charge >= 0.3 is 0 Å². The van der Waals surface area contributed by atoms with Gasteiger partial charge in [-0.25, -0.2) is 0 Å². The first-order valence-electron chi connectivity index (χ1n) is 5.64. The molecule has 0 spiro atoms. The van der Waals surface area contributed by atoms with Gasteiger partial charge in [0, 0.05) is 12.0 Å². The first kappa shape index (κ1) is 11.5. The number of hydrogen-bond donors (Lipinski definition) is 0. The van der Waals surface area contributed by atoms with Crippen LogP contribution >= 0.6 is 0 Å². The molecule has 1 nitrogen and oxygen atoms in total. The van der Waals surface area contributed by atoms with Crippen molar-refractivity contribution >= 4 is 0 Å². The van der Waals surface area contributed by atoms with Crippen LogP contribution in [0.3, 0.4) is 0 Å². The Labute approximate surface area is 102 Å². The minimum Gasteiger partial charge on any atom is -0.461 e. The number of para-hydroxylation sites is 1. The van der Waals surface area contributed by atoms with Crippen molar-refractivity contribution in [1.29, 1.82) is 0 Å². The van der Waals surface area contributed by atoms with Crippen molar-refractivity contribution in [2.24, 2.45) is 0 Å². The molecular formula is C16H16O. The van der Waals surface area contributed by atoms with Gasteiger partial charge in [0.05, 0.1) is 0 Å². The van der Waals surface area contributed by atoms with E-state index in [1.807, 2.05) is 43.4 Å². The van der Waals surface area contributed by atoms with Crippen LogP contribution in [0.1, 0.15) is 12.5 Å². The Kier molecular flexibility index (Phi) is 3.29. The van der Waals surface area contributed by atoms with Crippen LogP contribution in [0.2, 0.25) is 0 Å². The highest BCUT2D eigenvalue weighted by Gasteiger charge is 2.14. The van der Waals surface area contributed by atoms with E-state index in [1.54, 1.807) is 0 Å². The normalized spacial score (nSPS) is 15.9. The first-order valence-corrected chi connectivity index (χ1v) is 5.64. The molecule has 1 aromatic carbocycles. The lowest BCUT2D eigenvalue weighted by Gasteiger charge is -1.97. The Morgan fingerprint density at radius 3 is 2.76 bits per heavy atom. The maximum absolute atomic E-state index is 5.71. The maximum Gasteiger partial charge on any atom is 0.130 e. The Morgan fingerprint density at radius 2 is 2.06 bits per heavy atom. The van der Waals surface area contributed by atoms with Crippen LogP contribution < -0.4 is 4.74 Å². The van der Waals surface area contributed by atoms with Crippen LogP contribution in [0, 0.1) is 0 Å². The summed E-state index contributed by atoms with van der Waals surface area (Å²) in [6.07, 6.45) is 6.74. The van der Waals surface area contributed by atoms with E-state index in [0.29, 0.717) is 0 Å². The van der Waals surface area contributed by atoms with E-state index in [2.05, 4.69) is 19.2 Å². The summed E-state index contributed by atoms with van der Waals surface area (Å²) < 4.78 is 5.71. The Balaban J connectivity index is 2.04. The summed E-state index contributed by atoms with van der Waals surface area (Å²) in [5, 5.41) is 0. The predicted octanol–water partition coefficient (Wildman–Crippen LogP) is 4.19. The summed E-state index contributed by atoms with van der Waals surface area (Å²) in [5.74, 6) is 1.93. The topological polar surface area (TPSA) is 9.23 Å². The zero-order chi connectivity index (χ0) is 12.3. The average Bonchev–Trinajstić information content (AvgIpc) is 2.71. The van der Waals surface area contributed by atoms with Gasteiger partial charge in [0.15, 0.2) is 0 Å². The molecule has 0 fully saturated rings. The number of fused-ring (bicyclic) bond motifs is 1. The highest BCUT2D eigenvalue weighted by Crippen LogP contribution is 2.30. The van der Waals surface area contributed by atoms with Crippen molar-refractivity contribution in [3.8, 4) is 5.75 Å². The molecule has 0 atom stereocenters. The quantitative estimate of drug-likeness (QED) is 0.699. The highest BCUT2D eigenvalue weighted by atomic mass is 16.5. The lowest BCUT2D eigenvalue weighted by Crippen LogP contribution is -1.86. The molecule has 1 aliphatic rings. The van der Waals surface area contributed by atoms with Crippen LogP contribution in [0.5, 0.6) is 5.75 Å². The molecule has 0 amide bonds. The molecule has 1 aliphatic heterocycles. The Morgan fingerprint density at radius 1 is 1.29 bits per heavy atom. The monoisotopic (exact) mass is 224 g/mol. The third-order valence-corrected chi connectivity index (χ3v) is 2.71. The second-order valence-electron chi connectivity index (χ2n) is 4.18. The second-order valence-corrected chi connectivity index (χ2v) is 4.18. The van der Waals surface area contributed by atoms with Crippen LogP contribution in [-0.4, -0.2) is 0 Å². The van der Waals surface area contributed by atoms with E-state index in [9.17, 15) is 0 Å². The van der Waals surface area contributed by atoms with Gasteiger partial charge in [-0.3, -0.25) is 0 Å². The maximum atomic E-state index is 5.71. The van der Waals surface area contributed by atoms with E-state index in [0.717, 1.165) is 29.1 Å². The molecule has 0 radical (unpaired) electrons. The molecule has 0 bridgehead atoms. The van der Waals surface area contributed by atoms with Gasteiger partial charge in [-0.15, -0.1) is 0 Å². The number of ether oxygens (including phenoxy) is 1. The van der Waals surface area contributed by atoms with Gasteiger partial charge in [0.1, 0.15) is 11.5 Å². The lowest BCUT2D eigenvalue weighted by atomic mass is 10.1. The largest absolute Gasteiger partial charge is 0.461 e. The summed E-state index contributed by atoms with van der Waals surface area (Å²) >= 11 is 0. The SMILES string of the molecule is C=C(C)C(=C)/C=C\C=C1/Cc2ccccc2O1. The van der Waals surface area contributed by atoms with Crippen LogP contribution in [-0.2, 0) is 6.42 Å². The molecule has 0 saturated heterocycles. The third-order valence-electron chi connectivity index (χ3n) is 2.71. The zero-order valence-electron chi connectivity index (χ0n) is 10.1. The van der Waals surface area contributed by atoms with Crippen molar-refractivity contribution < 1.29 is 4.74 Å². The molecule has 0 aliphatic carbocycles. The van der Waals surface area contributed by atoms with Gasteiger partial charge in [-0.1, -0.05) is 49.1 Å². The van der Waals surface area contributed by atoms with Gasteiger partial charge < -0.3 is 4.74 Å². The lowest BCUT2D eigenvalue weighted by molar-refractivity contribution is 0.446. The zero-order valence-corrected chi connectivity index (χ0v) is 10.1. The predicted molar refractivity (Wildman–Crippen MR) is 72.0 cm³/mol. The smallest absolute Gasteiger partial charge is 0.130 e. The fourth-order valence-electron chi connectivity index (χ4n) is 1.62. The van der Waals surface area contributed by atoms with Crippen LogP contribution in [0.4, 0.5) is 0 Å². The molecule has 0 unspecified atom stereocenters. The molecule has 0 N–H and O–H groups in total. The number of benzene rings is 1. The molecule has 1 heterocycles. The summed E-state index contributed by atoms with van der Waals surface area (Å²) in [5.41, 5.74) is 3.17. The minimum atomic E-state index is 0.861. The molecular weight excluding hydrogens is 208 g/mol. The standard InChI is InChI=1S/C16H16O/c1-12(2)13(3)7-6-9-15-11-14-8-4-5-10-16(14)17-15/h4-10H,1,3,11H2,2H3/b7-6-,15-9+. The van der Waals surface area contributed by atoms with E-state index in [1.165, 1.54) is 5.56 Å². The summed E-state index contributed by atoms with van der Waals surface area (Å²) in [6, 6.07) is 8.10. The molecule has 17 heavy (non-hydrogen) atoms. The first-order chi connectivity index (χ1) is 8.16. The fraction of sp³-hybridized carbons (Fsp3) is 0.125. The molecule has 0 saturated carbocycles. The fourth-order valence-corrected chi connectivity index (χ4v) is 1.62. The summed E-state index contributed by atoms with van der Waals surface area (Å²) in [4.78, 5) is 0. The summed E-state index contributed by atoms with van der Waals surface area (Å²) in [6.45, 7) is 9.68. The second kappa shape index (κ2) is 4.88. The molecule has 1 aromatic rings. The van der Waals surface area contributed by atoms with Crippen molar-refractivity contribution in [3.63, 3.8) is 0 Å². The van der Waals surface area contributed by atoms with Gasteiger partial charge in [0.2, 0.25) is 0 Å². The minimum absolute atomic E-state index is 0.861. The molecule has 0 aromatic heterocycles. The number of rotatable bonds is 3.